The fraction of sp³-hybridized carbons (Fsp3) is 0.333. The van der Waals surface area contributed by atoms with E-state index in [0.29, 0.717) is 6.54 Å². The molecule has 0 spiro atoms. The normalized spacial score (nSPS) is 14.6. The zero-order valence-corrected chi connectivity index (χ0v) is 15.8. The van der Waals surface area contributed by atoms with E-state index < -0.39 is 0 Å². The molecule has 3 aromatic rings. The van der Waals surface area contributed by atoms with Crippen molar-refractivity contribution >= 4 is 17.4 Å². The number of fused-ring (bicyclic) bond motifs is 2. The van der Waals surface area contributed by atoms with Crippen LogP contribution >= 0.6 is 0 Å². The third kappa shape index (κ3) is 3.95. The number of benzene rings is 1. The number of rotatable bonds is 3. The molecule has 0 aliphatic carbocycles. The number of nitrogens with one attached hydrogen (secondary N) is 2. The molecular weight excluding hydrogens is 338 g/mol. The minimum Gasteiger partial charge on any atom is -0.332 e. The highest BCUT2D eigenvalue weighted by Crippen LogP contribution is 2.21. The van der Waals surface area contributed by atoms with Gasteiger partial charge in [0.05, 0.1) is 12.2 Å². The molecule has 2 N–H and O–H groups in total. The summed E-state index contributed by atoms with van der Waals surface area (Å²) in [6.07, 6.45) is 4.23. The summed E-state index contributed by atoms with van der Waals surface area (Å²) in [5.41, 5.74) is 6.34. The summed E-state index contributed by atoms with van der Waals surface area (Å²) in [7, 11) is 2.14. The predicted octanol–water partition coefficient (Wildman–Crippen LogP) is 3.34. The number of aryl methyl sites for hydroxylation is 2. The van der Waals surface area contributed by atoms with Gasteiger partial charge in [-0.1, -0.05) is 12.1 Å². The van der Waals surface area contributed by atoms with Crippen molar-refractivity contribution in [3.8, 4) is 0 Å². The highest BCUT2D eigenvalue weighted by Gasteiger charge is 2.13. The Hall–Kier alpha value is -2.86. The van der Waals surface area contributed by atoms with Crippen LogP contribution in [0.4, 0.5) is 10.5 Å². The molecule has 1 aromatic carbocycles. The topological polar surface area (TPSA) is 61.7 Å². The lowest BCUT2D eigenvalue weighted by Crippen LogP contribution is -2.28. The van der Waals surface area contributed by atoms with E-state index in [9.17, 15) is 4.79 Å². The molecule has 140 valence electrons. The van der Waals surface area contributed by atoms with Crippen molar-refractivity contribution in [3.05, 3.63) is 65.1 Å². The van der Waals surface area contributed by atoms with Gasteiger partial charge in [0.25, 0.3) is 0 Å². The summed E-state index contributed by atoms with van der Waals surface area (Å²) in [5, 5.41) is 5.83. The number of hydrogen-bond acceptors (Lipinski definition) is 3. The van der Waals surface area contributed by atoms with Crippen LogP contribution < -0.4 is 10.6 Å². The zero-order valence-electron chi connectivity index (χ0n) is 15.8. The number of anilines is 1. The van der Waals surface area contributed by atoms with Gasteiger partial charge in [0, 0.05) is 24.1 Å². The molecule has 0 atom stereocenters. The van der Waals surface area contributed by atoms with Crippen LogP contribution in [0.3, 0.4) is 0 Å². The van der Waals surface area contributed by atoms with Gasteiger partial charge in [-0.2, -0.15) is 0 Å². The fourth-order valence-electron chi connectivity index (χ4n) is 3.63. The summed E-state index contributed by atoms with van der Waals surface area (Å²) >= 11 is 0. The van der Waals surface area contributed by atoms with Gasteiger partial charge in [-0.3, -0.25) is 0 Å². The largest absolute Gasteiger partial charge is 0.332 e. The Kier molecular flexibility index (Phi) is 4.81. The van der Waals surface area contributed by atoms with Crippen LogP contribution in [-0.2, 0) is 19.5 Å². The first kappa shape index (κ1) is 17.5. The number of carbonyl (C=O) groups excluding carboxylic acids is 1. The van der Waals surface area contributed by atoms with Crippen molar-refractivity contribution in [2.75, 3.05) is 18.9 Å². The van der Waals surface area contributed by atoms with E-state index in [1.165, 1.54) is 17.5 Å². The molecule has 2 aromatic heterocycles. The van der Waals surface area contributed by atoms with E-state index in [1.807, 2.05) is 41.8 Å². The van der Waals surface area contributed by atoms with Crippen molar-refractivity contribution < 1.29 is 4.79 Å². The van der Waals surface area contributed by atoms with Crippen molar-refractivity contribution in [1.82, 2.24) is 19.6 Å². The highest BCUT2D eigenvalue weighted by molar-refractivity contribution is 5.89. The number of urea groups is 1. The predicted molar refractivity (Wildman–Crippen MR) is 107 cm³/mol. The SMILES string of the molecule is Cc1cccc2nc(CNC(=O)Nc3ccc4c(c3)CN(C)CCC4)cn12. The molecule has 0 unspecified atom stereocenters. The molecule has 4 rings (SSSR count). The molecule has 27 heavy (non-hydrogen) atoms. The summed E-state index contributed by atoms with van der Waals surface area (Å²) < 4.78 is 2.03. The van der Waals surface area contributed by atoms with Gasteiger partial charge < -0.3 is 19.9 Å². The Morgan fingerprint density at radius 3 is 2.96 bits per heavy atom. The lowest BCUT2D eigenvalue weighted by molar-refractivity contribution is 0.251. The first-order chi connectivity index (χ1) is 13.1. The van der Waals surface area contributed by atoms with Crippen LogP contribution in [0.15, 0.2) is 42.6 Å². The number of pyridine rings is 1. The number of nitrogens with zero attached hydrogens (tertiary/aromatic N) is 3. The first-order valence-corrected chi connectivity index (χ1v) is 9.37. The van der Waals surface area contributed by atoms with E-state index in [2.05, 4.69) is 39.7 Å². The lowest BCUT2D eigenvalue weighted by Gasteiger charge is -2.14. The molecule has 0 bridgehead atoms. The fourth-order valence-corrected chi connectivity index (χ4v) is 3.63. The van der Waals surface area contributed by atoms with E-state index in [0.717, 1.165) is 42.2 Å². The van der Waals surface area contributed by atoms with Crippen molar-refractivity contribution in [2.45, 2.75) is 32.9 Å². The second kappa shape index (κ2) is 7.40. The quantitative estimate of drug-likeness (QED) is 0.750. The van der Waals surface area contributed by atoms with E-state index in [4.69, 9.17) is 0 Å². The van der Waals surface area contributed by atoms with Gasteiger partial charge in [0.1, 0.15) is 5.65 Å². The van der Waals surface area contributed by atoms with E-state index in [-0.39, 0.29) is 6.03 Å². The van der Waals surface area contributed by atoms with Gasteiger partial charge in [0.15, 0.2) is 0 Å². The molecule has 0 radical (unpaired) electrons. The Bertz CT molecular complexity index is 978. The van der Waals surface area contributed by atoms with Crippen molar-refractivity contribution in [1.29, 1.82) is 0 Å². The molecule has 6 heteroatoms. The van der Waals surface area contributed by atoms with Crippen LogP contribution in [0.1, 0.15) is 28.9 Å². The number of hydrogen-bond donors (Lipinski definition) is 2. The second-order valence-corrected chi connectivity index (χ2v) is 7.26. The maximum atomic E-state index is 12.3. The minimum atomic E-state index is -0.217. The first-order valence-electron chi connectivity index (χ1n) is 9.37. The summed E-state index contributed by atoms with van der Waals surface area (Å²) in [6.45, 7) is 4.46. The molecule has 0 saturated carbocycles. The molecule has 0 saturated heterocycles. The van der Waals surface area contributed by atoms with E-state index in [1.54, 1.807) is 0 Å². The Morgan fingerprint density at radius 1 is 1.22 bits per heavy atom. The Labute approximate surface area is 159 Å². The average molecular weight is 363 g/mol. The molecule has 1 aliphatic rings. The molecule has 0 fully saturated rings. The third-order valence-corrected chi connectivity index (χ3v) is 5.07. The highest BCUT2D eigenvalue weighted by atomic mass is 16.2. The van der Waals surface area contributed by atoms with Crippen LogP contribution in [0.5, 0.6) is 0 Å². The van der Waals surface area contributed by atoms with Crippen molar-refractivity contribution in [2.24, 2.45) is 0 Å². The zero-order chi connectivity index (χ0) is 18.8. The van der Waals surface area contributed by atoms with E-state index >= 15 is 0 Å². The van der Waals surface area contributed by atoms with Gasteiger partial charge in [0.2, 0.25) is 0 Å². The molecule has 6 nitrogen and oxygen atoms in total. The number of amides is 2. The third-order valence-electron chi connectivity index (χ3n) is 5.07. The minimum absolute atomic E-state index is 0.217. The van der Waals surface area contributed by atoms with Gasteiger partial charge in [-0.05, 0) is 68.8 Å². The maximum absolute atomic E-state index is 12.3. The summed E-state index contributed by atoms with van der Waals surface area (Å²) in [5.74, 6) is 0. The number of aromatic nitrogens is 2. The van der Waals surface area contributed by atoms with Crippen LogP contribution in [0, 0.1) is 6.92 Å². The van der Waals surface area contributed by atoms with Crippen molar-refractivity contribution in [3.63, 3.8) is 0 Å². The lowest BCUT2D eigenvalue weighted by atomic mass is 10.0. The molecular formula is C21H25N5O. The second-order valence-electron chi connectivity index (χ2n) is 7.26. The Morgan fingerprint density at radius 2 is 2.11 bits per heavy atom. The smallest absolute Gasteiger partial charge is 0.319 e. The molecule has 1 aliphatic heterocycles. The van der Waals surface area contributed by atoms with Gasteiger partial charge >= 0.3 is 6.03 Å². The van der Waals surface area contributed by atoms with Gasteiger partial charge in [-0.15, -0.1) is 0 Å². The summed E-state index contributed by atoms with van der Waals surface area (Å²) in [6, 6.07) is 12.0. The number of carbonyl (C=O) groups is 1. The Balaban J connectivity index is 1.39. The molecule has 3 heterocycles. The van der Waals surface area contributed by atoms with Gasteiger partial charge in [-0.25, -0.2) is 9.78 Å². The molecule has 2 amide bonds. The van der Waals surface area contributed by atoms with Crippen LogP contribution in [0.25, 0.3) is 5.65 Å². The maximum Gasteiger partial charge on any atom is 0.319 e. The summed E-state index contributed by atoms with van der Waals surface area (Å²) in [4.78, 5) is 19.2. The van der Waals surface area contributed by atoms with Crippen LogP contribution in [0.2, 0.25) is 0 Å². The standard InChI is InChI=1S/C21H25N5O/c1-15-5-3-7-20-23-19(14-26(15)20)12-22-21(27)24-18-9-8-16-6-4-10-25(2)13-17(16)11-18/h3,5,7-9,11,14H,4,6,10,12-13H2,1-2H3,(H2,22,24,27). The monoisotopic (exact) mass is 363 g/mol. The number of imidazole rings is 1. The van der Waals surface area contributed by atoms with Crippen LogP contribution in [-0.4, -0.2) is 33.9 Å². The average Bonchev–Trinajstić information content (AvgIpc) is 2.97.